The Morgan fingerprint density at radius 2 is 2.11 bits per heavy atom. The van der Waals surface area contributed by atoms with Gasteiger partial charge in [0.1, 0.15) is 5.60 Å². The maximum absolute atomic E-state index is 5.88. The number of nitrogens with zero attached hydrogens (tertiary/aromatic N) is 2. The minimum absolute atomic E-state index is 0.417. The van der Waals surface area contributed by atoms with E-state index in [0.717, 1.165) is 12.0 Å². The number of hydrogen-bond acceptors (Lipinski definition) is 5. The second-order valence-electron chi connectivity index (χ2n) is 4.30. The second kappa shape index (κ2) is 4.78. The molecule has 2 aromatic rings. The Hall–Kier alpha value is -1.88. The van der Waals surface area contributed by atoms with Crippen LogP contribution in [0, 0.1) is 0 Å². The number of anilines is 1. The van der Waals surface area contributed by atoms with Crippen LogP contribution in [0.2, 0.25) is 0 Å². The third kappa shape index (κ3) is 2.09. The molecule has 0 aliphatic carbocycles. The topological polar surface area (TPSA) is 74.2 Å². The molecule has 1 aromatic carbocycles. The Kier molecular flexibility index (Phi) is 3.34. The summed E-state index contributed by atoms with van der Waals surface area (Å²) in [5, 5.41) is 3.98. The number of rotatable bonds is 4. The summed E-state index contributed by atoms with van der Waals surface area (Å²) in [4.78, 5) is 4.37. The number of aromatic nitrogens is 2. The molecule has 0 fully saturated rings. The standard InChI is InChI=1S/C13H17N3O2/c1-4-13(2,17-3)12-15-11(18-16-12)9-7-5-6-8-10(9)14/h5-8H,4,14H2,1-3H3. The lowest BCUT2D eigenvalue weighted by Gasteiger charge is -2.21. The van der Waals surface area contributed by atoms with Crippen LogP contribution in [0.4, 0.5) is 5.69 Å². The highest BCUT2D eigenvalue weighted by atomic mass is 16.5. The number of methoxy groups -OCH3 is 1. The maximum Gasteiger partial charge on any atom is 0.260 e. The van der Waals surface area contributed by atoms with E-state index in [4.69, 9.17) is 15.0 Å². The van der Waals surface area contributed by atoms with E-state index >= 15 is 0 Å². The van der Waals surface area contributed by atoms with Crippen LogP contribution >= 0.6 is 0 Å². The molecule has 0 saturated carbocycles. The van der Waals surface area contributed by atoms with Crippen LogP contribution < -0.4 is 5.73 Å². The van der Waals surface area contributed by atoms with Crippen molar-refractivity contribution in [2.45, 2.75) is 25.9 Å². The molecule has 1 heterocycles. The first kappa shape index (κ1) is 12.6. The van der Waals surface area contributed by atoms with Crippen molar-refractivity contribution in [3.8, 4) is 11.5 Å². The zero-order valence-corrected chi connectivity index (χ0v) is 10.8. The summed E-state index contributed by atoms with van der Waals surface area (Å²) in [5.74, 6) is 0.950. The highest BCUT2D eigenvalue weighted by molar-refractivity contribution is 5.69. The van der Waals surface area contributed by atoms with Gasteiger partial charge < -0.3 is 15.0 Å². The Morgan fingerprint density at radius 3 is 2.72 bits per heavy atom. The van der Waals surface area contributed by atoms with Crippen LogP contribution in [0.15, 0.2) is 28.8 Å². The first-order valence-electron chi connectivity index (χ1n) is 5.85. The molecule has 0 bridgehead atoms. The van der Waals surface area contributed by atoms with Crippen LogP contribution in [-0.2, 0) is 10.3 Å². The normalized spacial score (nSPS) is 14.4. The van der Waals surface area contributed by atoms with E-state index in [1.807, 2.05) is 32.0 Å². The van der Waals surface area contributed by atoms with Gasteiger partial charge in [0.25, 0.3) is 5.89 Å². The molecule has 2 rings (SSSR count). The van der Waals surface area contributed by atoms with Crippen molar-refractivity contribution in [3.05, 3.63) is 30.1 Å². The number of para-hydroxylation sites is 1. The van der Waals surface area contributed by atoms with Crippen molar-refractivity contribution >= 4 is 5.69 Å². The molecule has 1 atom stereocenters. The fourth-order valence-corrected chi connectivity index (χ4v) is 1.63. The first-order chi connectivity index (χ1) is 8.60. The summed E-state index contributed by atoms with van der Waals surface area (Å²) in [6.07, 6.45) is 0.757. The number of ether oxygens (including phenoxy) is 1. The van der Waals surface area contributed by atoms with Gasteiger partial charge in [-0.2, -0.15) is 4.98 Å². The van der Waals surface area contributed by atoms with E-state index in [2.05, 4.69) is 10.1 Å². The van der Waals surface area contributed by atoms with Gasteiger partial charge in [-0.3, -0.25) is 0 Å². The fraction of sp³-hybridized carbons (Fsp3) is 0.385. The van der Waals surface area contributed by atoms with E-state index in [1.54, 1.807) is 13.2 Å². The van der Waals surface area contributed by atoms with Crippen LogP contribution in [0.5, 0.6) is 0 Å². The zero-order valence-electron chi connectivity index (χ0n) is 10.8. The molecule has 0 aliphatic rings. The van der Waals surface area contributed by atoms with E-state index in [9.17, 15) is 0 Å². The molecule has 0 spiro atoms. The first-order valence-corrected chi connectivity index (χ1v) is 5.85. The highest BCUT2D eigenvalue weighted by Gasteiger charge is 2.30. The molecule has 1 aromatic heterocycles. The van der Waals surface area contributed by atoms with Gasteiger partial charge in [0.05, 0.1) is 5.56 Å². The van der Waals surface area contributed by atoms with Crippen molar-refractivity contribution in [1.29, 1.82) is 0 Å². The smallest absolute Gasteiger partial charge is 0.260 e. The molecular weight excluding hydrogens is 230 g/mol. The van der Waals surface area contributed by atoms with Crippen molar-refractivity contribution in [1.82, 2.24) is 10.1 Å². The van der Waals surface area contributed by atoms with E-state index in [1.165, 1.54) is 0 Å². The summed E-state index contributed by atoms with van der Waals surface area (Å²) in [6, 6.07) is 7.39. The lowest BCUT2D eigenvalue weighted by Crippen LogP contribution is -2.24. The monoisotopic (exact) mass is 247 g/mol. The summed E-state index contributed by atoms with van der Waals surface area (Å²) >= 11 is 0. The molecule has 18 heavy (non-hydrogen) atoms. The average Bonchev–Trinajstić information content (AvgIpc) is 2.88. The predicted octanol–water partition coefficient (Wildman–Crippen LogP) is 2.59. The quantitative estimate of drug-likeness (QED) is 0.840. The maximum atomic E-state index is 5.88. The van der Waals surface area contributed by atoms with Crippen molar-refractivity contribution < 1.29 is 9.26 Å². The molecule has 0 amide bonds. The van der Waals surface area contributed by atoms with Gasteiger partial charge in [0.15, 0.2) is 0 Å². The molecule has 0 radical (unpaired) electrons. The average molecular weight is 247 g/mol. The van der Waals surface area contributed by atoms with Gasteiger partial charge >= 0.3 is 0 Å². The molecule has 1 unspecified atom stereocenters. The van der Waals surface area contributed by atoms with Crippen LogP contribution in [0.1, 0.15) is 26.1 Å². The number of nitrogen functional groups attached to an aromatic ring is 1. The lowest BCUT2D eigenvalue weighted by atomic mass is 10.0. The van der Waals surface area contributed by atoms with Crippen molar-refractivity contribution in [2.75, 3.05) is 12.8 Å². The summed E-state index contributed by atoms with van der Waals surface area (Å²) in [6.45, 7) is 3.94. The van der Waals surface area contributed by atoms with Gasteiger partial charge in [-0.1, -0.05) is 24.2 Å². The second-order valence-corrected chi connectivity index (χ2v) is 4.30. The van der Waals surface area contributed by atoms with Crippen LogP contribution in [0.3, 0.4) is 0 Å². The predicted molar refractivity (Wildman–Crippen MR) is 68.8 cm³/mol. The molecule has 2 N–H and O–H groups in total. The van der Waals surface area contributed by atoms with Gasteiger partial charge in [-0.25, -0.2) is 0 Å². The molecule has 0 aliphatic heterocycles. The summed E-state index contributed by atoms with van der Waals surface area (Å²) in [7, 11) is 1.64. The van der Waals surface area contributed by atoms with Gasteiger partial charge in [0.2, 0.25) is 5.82 Å². The van der Waals surface area contributed by atoms with Gasteiger partial charge in [0, 0.05) is 12.8 Å². The summed E-state index contributed by atoms with van der Waals surface area (Å²) in [5.41, 5.74) is 6.70. The molecule has 0 saturated heterocycles. The van der Waals surface area contributed by atoms with Gasteiger partial charge in [-0.05, 0) is 25.5 Å². The zero-order chi connectivity index (χ0) is 13.2. The number of nitrogens with two attached hydrogens (primary N) is 1. The SMILES string of the molecule is CCC(C)(OC)c1noc(-c2ccccc2N)n1. The van der Waals surface area contributed by atoms with E-state index < -0.39 is 5.60 Å². The van der Waals surface area contributed by atoms with Crippen molar-refractivity contribution in [3.63, 3.8) is 0 Å². The molecule has 5 nitrogen and oxygen atoms in total. The summed E-state index contributed by atoms with van der Waals surface area (Å²) < 4.78 is 10.7. The van der Waals surface area contributed by atoms with E-state index in [0.29, 0.717) is 17.4 Å². The number of hydrogen-bond donors (Lipinski definition) is 1. The van der Waals surface area contributed by atoms with Crippen molar-refractivity contribution in [2.24, 2.45) is 0 Å². The third-order valence-corrected chi connectivity index (χ3v) is 3.22. The Balaban J connectivity index is 2.40. The molecule has 96 valence electrons. The molecule has 5 heteroatoms. The third-order valence-electron chi connectivity index (χ3n) is 3.22. The minimum atomic E-state index is -0.536. The highest BCUT2D eigenvalue weighted by Crippen LogP contribution is 2.29. The van der Waals surface area contributed by atoms with Gasteiger partial charge in [-0.15, -0.1) is 0 Å². The Bertz CT molecular complexity index is 533. The van der Waals surface area contributed by atoms with E-state index in [-0.39, 0.29) is 0 Å². The molecular formula is C13H17N3O2. The Labute approximate surface area is 106 Å². The number of benzene rings is 1. The van der Waals surface area contributed by atoms with Crippen LogP contribution in [-0.4, -0.2) is 17.3 Å². The largest absolute Gasteiger partial charge is 0.398 e. The Morgan fingerprint density at radius 1 is 1.39 bits per heavy atom. The fourth-order valence-electron chi connectivity index (χ4n) is 1.63. The lowest BCUT2D eigenvalue weighted by molar-refractivity contribution is -0.0106. The minimum Gasteiger partial charge on any atom is -0.398 e. The van der Waals surface area contributed by atoms with Crippen LogP contribution in [0.25, 0.3) is 11.5 Å².